The van der Waals surface area contributed by atoms with Crippen LogP contribution in [0.1, 0.15) is 24.6 Å². The third kappa shape index (κ3) is 5.62. The van der Waals surface area contributed by atoms with Crippen molar-refractivity contribution in [3.8, 4) is 11.6 Å². The molecule has 1 atom stereocenters. The molecule has 0 radical (unpaired) electrons. The second-order valence-corrected chi connectivity index (χ2v) is 9.38. The highest BCUT2D eigenvalue weighted by molar-refractivity contribution is 5.98. The molecule has 2 aromatic heterocycles. The van der Waals surface area contributed by atoms with Crippen molar-refractivity contribution in [3.63, 3.8) is 0 Å². The second-order valence-electron chi connectivity index (χ2n) is 9.38. The number of nitrogens with zero attached hydrogens (tertiary/aromatic N) is 4. The number of halogens is 2. The number of aromatic nitrogens is 3. The van der Waals surface area contributed by atoms with E-state index in [0.29, 0.717) is 30.2 Å². The van der Waals surface area contributed by atoms with Crippen LogP contribution in [0.5, 0.6) is 11.6 Å². The van der Waals surface area contributed by atoms with Gasteiger partial charge in [0, 0.05) is 48.9 Å². The van der Waals surface area contributed by atoms with E-state index in [0.717, 1.165) is 31.0 Å². The number of likely N-dealkylation sites (tertiary alicyclic amines) is 1. The average molecular weight is 521 g/mol. The zero-order chi connectivity index (χ0) is 26.9. The molecule has 3 N–H and O–H groups in total. The number of benzene rings is 2. The van der Waals surface area contributed by atoms with Crippen LogP contribution >= 0.6 is 0 Å². The summed E-state index contributed by atoms with van der Waals surface area (Å²) in [5.41, 5.74) is 6.88. The average Bonchev–Trinajstić information content (AvgIpc) is 3.51. The molecule has 9 nitrogen and oxygen atoms in total. The monoisotopic (exact) mass is 520 g/mol. The van der Waals surface area contributed by atoms with E-state index in [1.54, 1.807) is 42.6 Å². The van der Waals surface area contributed by atoms with Crippen LogP contribution in [0.3, 0.4) is 0 Å². The van der Waals surface area contributed by atoms with Gasteiger partial charge in [0.2, 0.25) is 11.8 Å². The number of carbonyl (C=O) groups is 2. The first-order valence-corrected chi connectivity index (χ1v) is 12.1. The predicted octanol–water partition coefficient (Wildman–Crippen LogP) is 4.72. The summed E-state index contributed by atoms with van der Waals surface area (Å²) >= 11 is 0. The molecule has 1 aliphatic rings. The standard InChI is InChI=1S/C27H26F2N6O3/c1-27(28,29)19-3-2-4-20(12-19)33-26(37)35-10-8-17-11-22(5-6-23(17)35)38-24-13-21(31-16-32-24)15-34-9-7-18(14-34)25(30)36/h2-6,8,10-13,16,18H,7,9,14-15H2,1H3,(H2,30,36)(H,33,37). The molecule has 1 fully saturated rings. The first-order valence-electron chi connectivity index (χ1n) is 12.1. The molecule has 1 saturated heterocycles. The minimum absolute atomic E-state index is 0.139. The number of nitrogens with two attached hydrogens (primary N) is 1. The van der Waals surface area contributed by atoms with Crippen LogP contribution in [0.4, 0.5) is 19.3 Å². The first-order chi connectivity index (χ1) is 18.2. The minimum atomic E-state index is -3.01. The van der Waals surface area contributed by atoms with E-state index >= 15 is 0 Å². The molecule has 1 unspecified atom stereocenters. The lowest BCUT2D eigenvalue weighted by Gasteiger charge is -2.15. The summed E-state index contributed by atoms with van der Waals surface area (Å²) in [6, 6.07) is 13.8. The van der Waals surface area contributed by atoms with Gasteiger partial charge in [-0.2, -0.15) is 0 Å². The fourth-order valence-corrected chi connectivity index (χ4v) is 4.49. The van der Waals surface area contributed by atoms with Crippen molar-refractivity contribution in [2.24, 2.45) is 11.7 Å². The minimum Gasteiger partial charge on any atom is -0.439 e. The zero-order valence-corrected chi connectivity index (χ0v) is 20.6. The third-order valence-corrected chi connectivity index (χ3v) is 6.48. The summed E-state index contributed by atoms with van der Waals surface area (Å²) < 4.78 is 34.6. The number of amides is 2. The topological polar surface area (TPSA) is 115 Å². The maximum absolute atomic E-state index is 13.6. The number of nitrogens with one attached hydrogen (secondary N) is 1. The fourth-order valence-electron chi connectivity index (χ4n) is 4.49. The van der Waals surface area contributed by atoms with E-state index < -0.39 is 12.0 Å². The van der Waals surface area contributed by atoms with Gasteiger partial charge >= 0.3 is 6.03 Å². The Balaban J connectivity index is 1.27. The second kappa shape index (κ2) is 10.2. The van der Waals surface area contributed by atoms with Crippen LogP contribution in [0, 0.1) is 5.92 Å². The van der Waals surface area contributed by atoms with Crippen molar-refractivity contribution in [1.29, 1.82) is 0 Å². The van der Waals surface area contributed by atoms with Crippen LogP contribution in [0.15, 0.2) is 67.1 Å². The van der Waals surface area contributed by atoms with Gasteiger partial charge in [0.1, 0.15) is 12.1 Å². The summed E-state index contributed by atoms with van der Waals surface area (Å²) in [5.74, 6) is -2.54. The lowest BCUT2D eigenvalue weighted by molar-refractivity contribution is -0.121. The summed E-state index contributed by atoms with van der Waals surface area (Å²) in [5, 5.41) is 3.41. The maximum Gasteiger partial charge on any atom is 0.330 e. The van der Waals surface area contributed by atoms with Gasteiger partial charge < -0.3 is 15.8 Å². The Morgan fingerprint density at radius 1 is 1.16 bits per heavy atom. The van der Waals surface area contributed by atoms with Gasteiger partial charge in [-0.15, -0.1) is 0 Å². The molecule has 3 heterocycles. The van der Waals surface area contributed by atoms with Crippen molar-refractivity contribution in [1.82, 2.24) is 19.4 Å². The van der Waals surface area contributed by atoms with Gasteiger partial charge in [-0.05, 0) is 49.4 Å². The van der Waals surface area contributed by atoms with Gasteiger partial charge in [-0.25, -0.2) is 23.5 Å². The maximum atomic E-state index is 13.6. The highest BCUT2D eigenvalue weighted by Crippen LogP contribution is 2.29. The summed E-state index contributed by atoms with van der Waals surface area (Å²) in [4.78, 5) is 34.9. The van der Waals surface area contributed by atoms with Crippen LogP contribution in [0.2, 0.25) is 0 Å². The number of alkyl halides is 2. The van der Waals surface area contributed by atoms with E-state index in [1.165, 1.54) is 29.1 Å². The molecule has 2 amide bonds. The van der Waals surface area contributed by atoms with Crippen LogP contribution in [-0.4, -0.2) is 44.5 Å². The number of hydrogen-bond acceptors (Lipinski definition) is 6. The third-order valence-electron chi connectivity index (χ3n) is 6.48. The number of ether oxygens (including phenoxy) is 1. The van der Waals surface area contributed by atoms with Gasteiger partial charge in [-0.1, -0.05) is 12.1 Å². The van der Waals surface area contributed by atoms with Crippen molar-refractivity contribution < 1.29 is 23.1 Å². The lowest BCUT2D eigenvalue weighted by atomic mass is 10.1. The van der Waals surface area contributed by atoms with E-state index in [9.17, 15) is 18.4 Å². The number of fused-ring (bicyclic) bond motifs is 1. The van der Waals surface area contributed by atoms with Gasteiger partial charge in [-0.3, -0.25) is 14.3 Å². The molecule has 4 aromatic rings. The number of hydrogen-bond donors (Lipinski definition) is 2. The largest absolute Gasteiger partial charge is 0.439 e. The van der Waals surface area contributed by atoms with Gasteiger partial charge in [0.05, 0.1) is 17.1 Å². The SMILES string of the molecule is CC(F)(F)c1cccc(NC(=O)n2ccc3cc(Oc4cc(CN5CCC(C(N)=O)C5)ncn4)ccc32)c1. The van der Waals surface area contributed by atoms with Crippen LogP contribution in [-0.2, 0) is 17.3 Å². The molecule has 2 aromatic carbocycles. The van der Waals surface area contributed by atoms with E-state index in [1.807, 2.05) is 0 Å². The number of primary amides is 1. The summed E-state index contributed by atoms with van der Waals surface area (Å²) in [7, 11) is 0. The first kappa shape index (κ1) is 25.3. The molecule has 1 aliphatic heterocycles. The smallest absolute Gasteiger partial charge is 0.330 e. The molecule has 0 saturated carbocycles. The molecule has 196 valence electrons. The summed E-state index contributed by atoms with van der Waals surface area (Å²) in [6.07, 6.45) is 3.76. The summed E-state index contributed by atoms with van der Waals surface area (Å²) in [6.45, 7) is 2.74. The van der Waals surface area contributed by atoms with E-state index in [2.05, 4.69) is 20.2 Å². The van der Waals surface area contributed by atoms with E-state index in [-0.39, 0.29) is 23.1 Å². The molecule has 0 spiro atoms. The lowest BCUT2D eigenvalue weighted by Crippen LogP contribution is -2.27. The quantitative estimate of drug-likeness (QED) is 0.364. The highest BCUT2D eigenvalue weighted by Gasteiger charge is 2.27. The Bertz CT molecular complexity index is 1500. The van der Waals surface area contributed by atoms with Crippen molar-refractivity contribution in [3.05, 3.63) is 78.4 Å². The predicted molar refractivity (Wildman–Crippen MR) is 137 cm³/mol. The van der Waals surface area contributed by atoms with Crippen LogP contribution in [0.25, 0.3) is 10.9 Å². The Kier molecular flexibility index (Phi) is 6.77. The molecular formula is C27H26F2N6O3. The van der Waals surface area contributed by atoms with Crippen molar-refractivity contribution in [2.45, 2.75) is 25.8 Å². The van der Waals surface area contributed by atoms with Gasteiger partial charge in [0.15, 0.2) is 0 Å². The Labute approximate surface area is 217 Å². The number of carbonyl (C=O) groups excluding carboxylic acids is 2. The Hall–Kier alpha value is -4.38. The molecule has 0 aliphatic carbocycles. The normalized spacial score (nSPS) is 16.0. The Morgan fingerprint density at radius 3 is 2.76 bits per heavy atom. The molecule has 11 heteroatoms. The van der Waals surface area contributed by atoms with Gasteiger partial charge in [0.25, 0.3) is 5.92 Å². The number of rotatable bonds is 7. The highest BCUT2D eigenvalue weighted by atomic mass is 19.3. The molecule has 0 bridgehead atoms. The Morgan fingerprint density at radius 2 is 2.00 bits per heavy atom. The van der Waals surface area contributed by atoms with Crippen molar-refractivity contribution in [2.75, 3.05) is 18.4 Å². The van der Waals surface area contributed by atoms with E-state index in [4.69, 9.17) is 10.5 Å². The zero-order valence-electron chi connectivity index (χ0n) is 20.6. The fraction of sp³-hybridized carbons (Fsp3) is 0.259. The molecular weight excluding hydrogens is 494 g/mol. The molecule has 5 rings (SSSR count). The van der Waals surface area contributed by atoms with Crippen LogP contribution < -0.4 is 15.8 Å². The molecule has 38 heavy (non-hydrogen) atoms. The van der Waals surface area contributed by atoms with Crippen molar-refractivity contribution >= 4 is 28.5 Å². The number of anilines is 1.